The first-order chi connectivity index (χ1) is 12.4. The Kier molecular flexibility index (Phi) is 5.02. The first-order valence-electron chi connectivity index (χ1n) is 8.42. The Morgan fingerprint density at radius 1 is 1.04 bits per heavy atom. The summed E-state index contributed by atoms with van der Waals surface area (Å²) >= 11 is 0. The highest BCUT2D eigenvalue weighted by atomic mass is 16.4. The Morgan fingerprint density at radius 3 is 2.31 bits per heavy atom. The summed E-state index contributed by atoms with van der Waals surface area (Å²) in [5, 5.41) is 12.0. The van der Waals surface area contributed by atoms with Crippen LogP contribution in [0.5, 0.6) is 0 Å². The van der Waals surface area contributed by atoms with E-state index in [1.54, 1.807) is 49.5 Å². The van der Waals surface area contributed by atoms with Crippen LogP contribution in [-0.4, -0.2) is 40.9 Å². The molecule has 0 aliphatic heterocycles. The summed E-state index contributed by atoms with van der Waals surface area (Å²) in [4.78, 5) is 37.1. The smallest absolute Gasteiger partial charge is 0.335 e. The van der Waals surface area contributed by atoms with Crippen molar-refractivity contribution in [3.63, 3.8) is 0 Å². The molecule has 0 bridgehead atoms. The predicted octanol–water partition coefficient (Wildman–Crippen LogP) is 2.55. The Balaban J connectivity index is 1.65. The number of rotatable bonds is 6. The fourth-order valence-electron chi connectivity index (χ4n) is 2.63. The second-order valence-electron chi connectivity index (χ2n) is 6.49. The van der Waals surface area contributed by atoms with Gasteiger partial charge in [-0.1, -0.05) is 12.1 Å². The molecule has 26 heavy (non-hydrogen) atoms. The minimum Gasteiger partial charge on any atom is -0.478 e. The Morgan fingerprint density at radius 2 is 1.69 bits per heavy atom. The van der Waals surface area contributed by atoms with E-state index in [1.807, 2.05) is 0 Å². The zero-order valence-electron chi connectivity index (χ0n) is 14.4. The van der Waals surface area contributed by atoms with E-state index in [0.717, 1.165) is 18.4 Å². The number of hydrogen-bond donors (Lipinski definition) is 2. The summed E-state index contributed by atoms with van der Waals surface area (Å²) in [5.41, 5.74) is 1.94. The minimum absolute atomic E-state index is 0.120. The maximum atomic E-state index is 12.5. The third-order valence-corrected chi connectivity index (χ3v) is 4.25. The fourth-order valence-corrected chi connectivity index (χ4v) is 2.63. The van der Waals surface area contributed by atoms with Gasteiger partial charge in [0.25, 0.3) is 11.8 Å². The molecule has 0 aromatic heterocycles. The maximum Gasteiger partial charge on any atom is 0.335 e. The first-order valence-corrected chi connectivity index (χ1v) is 8.42. The average Bonchev–Trinajstić information content (AvgIpc) is 3.45. The number of hydrogen-bond acceptors (Lipinski definition) is 3. The van der Waals surface area contributed by atoms with Crippen LogP contribution < -0.4 is 5.32 Å². The zero-order valence-corrected chi connectivity index (χ0v) is 14.4. The molecular weight excluding hydrogens is 332 g/mol. The van der Waals surface area contributed by atoms with Crippen LogP contribution in [0.1, 0.15) is 49.5 Å². The van der Waals surface area contributed by atoms with Crippen LogP contribution in [0.4, 0.5) is 0 Å². The number of carbonyl (C=O) groups excluding carboxylic acids is 2. The van der Waals surface area contributed by atoms with Crippen LogP contribution in [0, 0.1) is 0 Å². The molecule has 1 aliphatic rings. The fraction of sp³-hybridized carbons (Fsp3) is 0.250. The first kappa shape index (κ1) is 17.7. The number of amides is 2. The van der Waals surface area contributed by atoms with Gasteiger partial charge in [0, 0.05) is 30.8 Å². The molecule has 6 heteroatoms. The Labute approximate surface area is 151 Å². The normalized spacial score (nSPS) is 13.1. The zero-order chi connectivity index (χ0) is 18.7. The molecule has 134 valence electrons. The molecule has 0 spiro atoms. The highest BCUT2D eigenvalue weighted by Gasteiger charge is 2.23. The van der Waals surface area contributed by atoms with Crippen LogP contribution >= 0.6 is 0 Å². The predicted molar refractivity (Wildman–Crippen MR) is 96.1 cm³/mol. The lowest BCUT2D eigenvalue weighted by atomic mass is 10.1. The number of carboxylic acid groups (broad SMARTS) is 1. The number of carboxylic acids is 1. The molecule has 0 radical (unpaired) electrons. The summed E-state index contributed by atoms with van der Waals surface area (Å²) in [6, 6.07) is 13.3. The minimum atomic E-state index is -0.999. The van der Waals surface area contributed by atoms with Gasteiger partial charge in [-0.05, 0) is 54.8 Å². The number of benzene rings is 2. The van der Waals surface area contributed by atoms with E-state index < -0.39 is 5.97 Å². The van der Waals surface area contributed by atoms with Gasteiger partial charge in [0.05, 0.1) is 5.56 Å². The molecule has 2 N–H and O–H groups in total. The van der Waals surface area contributed by atoms with Gasteiger partial charge in [-0.15, -0.1) is 0 Å². The van der Waals surface area contributed by atoms with E-state index in [2.05, 4.69) is 5.32 Å². The van der Waals surface area contributed by atoms with E-state index in [4.69, 9.17) is 5.11 Å². The standard InChI is InChI=1S/C20H20N2O4/c1-22(12-13-3-2-4-16(11-13)20(25)26)19(24)15-7-5-14(6-8-15)18(23)21-17-9-10-17/h2-8,11,17H,9-10,12H2,1H3,(H,21,23)(H,25,26). The van der Waals surface area contributed by atoms with Gasteiger partial charge in [0.1, 0.15) is 0 Å². The van der Waals surface area contributed by atoms with E-state index >= 15 is 0 Å². The number of carbonyl (C=O) groups is 3. The number of nitrogens with zero attached hydrogens (tertiary/aromatic N) is 1. The summed E-state index contributed by atoms with van der Waals surface area (Å²) in [6.45, 7) is 0.296. The van der Waals surface area contributed by atoms with Gasteiger partial charge in [-0.25, -0.2) is 4.79 Å². The van der Waals surface area contributed by atoms with Crippen molar-refractivity contribution in [3.8, 4) is 0 Å². The Bertz CT molecular complexity index is 841. The molecule has 6 nitrogen and oxygen atoms in total. The van der Waals surface area contributed by atoms with Gasteiger partial charge >= 0.3 is 5.97 Å². The van der Waals surface area contributed by atoms with Crippen molar-refractivity contribution in [3.05, 3.63) is 70.8 Å². The molecule has 2 aromatic carbocycles. The molecule has 2 amide bonds. The highest BCUT2D eigenvalue weighted by Crippen LogP contribution is 2.19. The van der Waals surface area contributed by atoms with Gasteiger partial charge in [0.15, 0.2) is 0 Å². The highest BCUT2D eigenvalue weighted by molar-refractivity contribution is 5.98. The van der Waals surface area contributed by atoms with E-state index in [-0.39, 0.29) is 23.4 Å². The monoisotopic (exact) mass is 352 g/mol. The SMILES string of the molecule is CN(Cc1cccc(C(=O)O)c1)C(=O)c1ccc(C(=O)NC2CC2)cc1. The lowest BCUT2D eigenvalue weighted by molar-refractivity contribution is 0.0696. The quantitative estimate of drug-likeness (QED) is 0.836. The molecule has 0 unspecified atom stereocenters. The molecule has 3 rings (SSSR count). The molecule has 0 atom stereocenters. The van der Waals surface area contributed by atoms with Crippen LogP contribution in [-0.2, 0) is 6.54 Å². The molecule has 1 aliphatic carbocycles. The second kappa shape index (κ2) is 7.39. The summed E-state index contributed by atoms with van der Waals surface area (Å²) in [5.74, 6) is -1.31. The third kappa shape index (κ3) is 4.27. The molecule has 2 aromatic rings. The van der Waals surface area contributed by atoms with Crippen molar-refractivity contribution in [1.82, 2.24) is 10.2 Å². The lowest BCUT2D eigenvalue weighted by Gasteiger charge is -2.18. The molecule has 0 heterocycles. The molecule has 1 fully saturated rings. The molecule has 0 saturated heterocycles. The Hall–Kier alpha value is -3.15. The summed E-state index contributed by atoms with van der Waals surface area (Å²) < 4.78 is 0. The topological polar surface area (TPSA) is 86.7 Å². The maximum absolute atomic E-state index is 12.5. The van der Waals surface area contributed by atoms with Gasteiger partial charge in [-0.3, -0.25) is 9.59 Å². The van der Waals surface area contributed by atoms with E-state index in [0.29, 0.717) is 17.7 Å². The van der Waals surface area contributed by atoms with Crippen molar-refractivity contribution in [2.75, 3.05) is 7.05 Å². The van der Waals surface area contributed by atoms with Crippen molar-refractivity contribution < 1.29 is 19.5 Å². The summed E-state index contributed by atoms with van der Waals surface area (Å²) in [7, 11) is 1.66. The van der Waals surface area contributed by atoms with E-state index in [9.17, 15) is 14.4 Å². The van der Waals surface area contributed by atoms with Crippen molar-refractivity contribution in [2.24, 2.45) is 0 Å². The van der Waals surface area contributed by atoms with Crippen molar-refractivity contribution in [1.29, 1.82) is 0 Å². The van der Waals surface area contributed by atoms with Crippen LogP contribution in [0.2, 0.25) is 0 Å². The average molecular weight is 352 g/mol. The molecule has 1 saturated carbocycles. The van der Waals surface area contributed by atoms with Crippen LogP contribution in [0.25, 0.3) is 0 Å². The van der Waals surface area contributed by atoms with Crippen molar-refractivity contribution in [2.45, 2.75) is 25.4 Å². The van der Waals surface area contributed by atoms with Crippen molar-refractivity contribution >= 4 is 17.8 Å². The van der Waals surface area contributed by atoms with E-state index in [1.165, 1.54) is 11.0 Å². The molecular formula is C20H20N2O4. The lowest BCUT2D eigenvalue weighted by Crippen LogP contribution is -2.27. The van der Waals surface area contributed by atoms with Gasteiger partial charge in [-0.2, -0.15) is 0 Å². The largest absolute Gasteiger partial charge is 0.478 e. The van der Waals surface area contributed by atoms with Gasteiger partial charge in [0.2, 0.25) is 0 Å². The number of aromatic carboxylic acids is 1. The van der Waals surface area contributed by atoms with Crippen LogP contribution in [0.15, 0.2) is 48.5 Å². The van der Waals surface area contributed by atoms with Gasteiger partial charge < -0.3 is 15.3 Å². The van der Waals surface area contributed by atoms with Crippen LogP contribution in [0.3, 0.4) is 0 Å². The second-order valence-corrected chi connectivity index (χ2v) is 6.49. The summed E-state index contributed by atoms with van der Waals surface area (Å²) in [6.07, 6.45) is 2.05. The number of nitrogens with one attached hydrogen (secondary N) is 1. The third-order valence-electron chi connectivity index (χ3n) is 4.25.